The summed E-state index contributed by atoms with van der Waals surface area (Å²) >= 11 is 0. The highest BCUT2D eigenvalue weighted by Gasteiger charge is 1.96. The topological polar surface area (TPSA) is 32.6 Å². The quantitative estimate of drug-likeness (QED) is 0.437. The van der Waals surface area contributed by atoms with Crippen LogP contribution in [-0.4, -0.2) is 10.9 Å². The van der Waals surface area contributed by atoms with Gasteiger partial charge in [-0.15, -0.1) is 0 Å². The predicted octanol–water partition coefficient (Wildman–Crippen LogP) is 3.08. The molecule has 1 rings (SSSR count). The van der Waals surface area contributed by atoms with Crippen molar-refractivity contribution >= 4 is 11.8 Å². The number of rotatable bonds is 2. The third kappa shape index (κ3) is 2.69. The van der Waals surface area contributed by atoms with E-state index in [1.54, 1.807) is 19.1 Å². The third-order valence-corrected chi connectivity index (χ3v) is 1.97. The lowest BCUT2D eigenvalue weighted by Crippen LogP contribution is -1.92. The second-order valence-corrected chi connectivity index (χ2v) is 3.06. The lowest BCUT2D eigenvalue weighted by Gasteiger charge is -1.98. The fourth-order valence-electron chi connectivity index (χ4n) is 0.992. The Balaban J connectivity index is 2.92. The number of oxime groups is 1. The van der Waals surface area contributed by atoms with Gasteiger partial charge in [-0.1, -0.05) is 23.4 Å². The van der Waals surface area contributed by atoms with Crippen LogP contribution in [0.1, 0.15) is 19.4 Å². The Kier molecular flexibility index (Phi) is 3.40. The highest BCUT2D eigenvalue weighted by molar-refractivity contribution is 6.01. The van der Waals surface area contributed by atoms with E-state index < -0.39 is 0 Å². The lowest BCUT2D eigenvalue weighted by atomic mass is 10.1. The number of allylic oxidation sites excluding steroid dienone is 1. The molecule has 0 heterocycles. The minimum absolute atomic E-state index is 0.257. The average Bonchev–Trinajstić information content (AvgIpc) is 2.20. The molecule has 0 radical (unpaired) electrons. The van der Waals surface area contributed by atoms with Crippen LogP contribution in [0.3, 0.4) is 0 Å². The first-order chi connectivity index (χ1) is 6.63. The first-order valence-corrected chi connectivity index (χ1v) is 4.26. The van der Waals surface area contributed by atoms with Gasteiger partial charge in [0.05, 0.1) is 5.71 Å². The van der Waals surface area contributed by atoms with Crippen LogP contribution in [0.5, 0.6) is 0 Å². The van der Waals surface area contributed by atoms with Crippen molar-refractivity contribution in [1.82, 2.24) is 0 Å². The molecule has 0 saturated carbocycles. The van der Waals surface area contributed by atoms with Crippen molar-refractivity contribution in [2.45, 2.75) is 13.8 Å². The molecule has 0 bridgehead atoms. The summed E-state index contributed by atoms with van der Waals surface area (Å²) in [5.41, 5.74) is 2.28. The maximum atomic E-state index is 12.6. The van der Waals surface area contributed by atoms with E-state index in [9.17, 15) is 4.39 Å². The molecule has 74 valence electrons. The van der Waals surface area contributed by atoms with Crippen LogP contribution in [0, 0.1) is 5.82 Å². The SMILES string of the molecule is CC(=N/O)/C(C)=C/c1ccc(F)cc1. The van der Waals surface area contributed by atoms with Crippen molar-refractivity contribution in [3.63, 3.8) is 0 Å². The molecule has 0 amide bonds. The van der Waals surface area contributed by atoms with Crippen molar-refractivity contribution in [3.05, 3.63) is 41.2 Å². The maximum absolute atomic E-state index is 12.6. The van der Waals surface area contributed by atoms with Crippen molar-refractivity contribution < 1.29 is 9.60 Å². The van der Waals surface area contributed by atoms with Gasteiger partial charge in [-0.05, 0) is 37.1 Å². The van der Waals surface area contributed by atoms with E-state index in [-0.39, 0.29) is 5.82 Å². The summed E-state index contributed by atoms with van der Waals surface area (Å²) in [5.74, 6) is -0.257. The van der Waals surface area contributed by atoms with Crippen molar-refractivity contribution in [1.29, 1.82) is 0 Å². The number of nitrogens with zero attached hydrogens (tertiary/aromatic N) is 1. The number of hydrogen-bond donors (Lipinski definition) is 1. The highest BCUT2D eigenvalue weighted by Crippen LogP contribution is 2.09. The zero-order valence-corrected chi connectivity index (χ0v) is 8.16. The Labute approximate surface area is 82.4 Å². The third-order valence-electron chi connectivity index (χ3n) is 1.97. The molecule has 0 unspecified atom stereocenters. The molecule has 0 aliphatic heterocycles. The molecule has 1 aromatic rings. The van der Waals surface area contributed by atoms with Crippen LogP contribution in [0.25, 0.3) is 6.08 Å². The molecular weight excluding hydrogens is 181 g/mol. The van der Waals surface area contributed by atoms with Crippen molar-refractivity contribution in [3.8, 4) is 0 Å². The first kappa shape index (κ1) is 10.4. The Morgan fingerprint density at radius 2 is 1.86 bits per heavy atom. The van der Waals surface area contributed by atoms with Gasteiger partial charge in [0.1, 0.15) is 5.82 Å². The lowest BCUT2D eigenvalue weighted by molar-refractivity contribution is 0.319. The predicted molar refractivity (Wildman–Crippen MR) is 54.9 cm³/mol. The van der Waals surface area contributed by atoms with Crippen LogP contribution in [0.2, 0.25) is 0 Å². The normalized spacial score (nSPS) is 13.1. The van der Waals surface area contributed by atoms with E-state index in [0.717, 1.165) is 11.1 Å². The van der Waals surface area contributed by atoms with Crippen LogP contribution >= 0.6 is 0 Å². The molecule has 0 atom stereocenters. The number of hydrogen-bond acceptors (Lipinski definition) is 2. The Hall–Kier alpha value is -1.64. The van der Waals surface area contributed by atoms with Gasteiger partial charge in [-0.3, -0.25) is 0 Å². The molecule has 0 fully saturated rings. The zero-order valence-electron chi connectivity index (χ0n) is 8.16. The molecule has 0 spiro atoms. The molecule has 0 aliphatic rings. The molecule has 1 aromatic carbocycles. The second-order valence-electron chi connectivity index (χ2n) is 3.06. The van der Waals surface area contributed by atoms with Gasteiger partial charge in [0.25, 0.3) is 0 Å². The van der Waals surface area contributed by atoms with Crippen molar-refractivity contribution in [2.24, 2.45) is 5.16 Å². The smallest absolute Gasteiger partial charge is 0.123 e. The van der Waals surface area contributed by atoms with Gasteiger partial charge >= 0.3 is 0 Å². The zero-order chi connectivity index (χ0) is 10.6. The number of halogens is 1. The van der Waals surface area contributed by atoms with Crippen LogP contribution < -0.4 is 0 Å². The molecule has 1 N–H and O–H groups in total. The van der Waals surface area contributed by atoms with Gasteiger partial charge in [0.15, 0.2) is 0 Å². The molecule has 14 heavy (non-hydrogen) atoms. The number of benzene rings is 1. The Morgan fingerprint density at radius 3 is 2.36 bits per heavy atom. The standard InChI is InChI=1S/C11H12FNO/c1-8(9(2)13-14)7-10-3-5-11(12)6-4-10/h3-7,14H,1-2H3/b8-7+,13-9-. The van der Waals surface area contributed by atoms with Gasteiger partial charge in [-0.2, -0.15) is 0 Å². The fourth-order valence-corrected chi connectivity index (χ4v) is 0.992. The highest BCUT2D eigenvalue weighted by atomic mass is 19.1. The van der Waals surface area contributed by atoms with Gasteiger partial charge in [0.2, 0.25) is 0 Å². The average molecular weight is 193 g/mol. The maximum Gasteiger partial charge on any atom is 0.123 e. The van der Waals surface area contributed by atoms with E-state index in [0.29, 0.717) is 5.71 Å². The summed E-state index contributed by atoms with van der Waals surface area (Å²) in [6, 6.07) is 6.13. The Bertz CT molecular complexity index is 365. The molecule has 0 aliphatic carbocycles. The van der Waals surface area contributed by atoms with E-state index in [2.05, 4.69) is 5.16 Å². The summed E-state index contributed by atoms with van der Waals surface area (Å²) in [6.07, 6.45) is 1.83. The van der Waals surface area contributed by atoms with Gasteiger partial charge in [-0.25, -0.2) is 4.39 Å². The summed E-state index contributed by atoms with van der Waals surface area (Å²) in [6.45, 7) is 3.54. The summed E-state index contributed by atoms with van der Waals surface area (Å²) in [7, 11) is 0. The molecule has 3 heteroatoms. The van der Waals surface area contributed by atoms with E-state index in [1.807, 2.05) is 13.0 Å². The second kappa shape index (κ2) is 4.56. The molecular formula is C11H12FNO. The fraction of sp³-hybridized carbons (Fsp3) is 0.182. The monoisotopic (exact) mass is 193 g/mol. The molecule has 2 nitrogen and oxygen atoms in total. The van der Waals surface area contributed by atoms with E-state index in [1.165, 1.54) is 12.1 Å². The van der Waals surface area contributed by atoms with E-state index >= 15 is 0 Å². The molecule has 0 saturated heterocycles. The van der Waals surface area contributed by atoms with E-state index in [4.69, 9.17) is 5.21 Å². The summed E-state index contributed by atoms with van der Waals surface area (Å²) < 4.78 is 12.6. The summed E-state index contributed by atoms with van der Waals surface area (Å²) in [5, 5.41) is 11.6. The van der Waals surface area contributed by atoms with Crippen LogP contribution in [0.4, 0.5) is 4.39 Å². The van der Waals surface area contributed by atoms with Crippen molar-refractivity contribution in [2.75, 3.05) is 0 Å². The van der Waals surface area contributed by atoms with Gasteiger partial charge in [0, 0.05) is 0 Å². The minimum atomic E-state index is -0.257. The Morgan fingerprint density at radius 1 is 1.29 bits per heavy atom. The van der Waals surface area contributed by atoms with Crippen LogP contribution in [-0.2, 0) is 0 Å². The largest absolute Gasteiger partial charge is 0.411 e. The molecule has 0 aromatic heterocycles. The van der Waals surface area contributed by atoms with Gasteiger partial charge < -0.3 is 5.21 Å². The first-order valence-electron chi connectivity index (χ1n) is 4.26. The van der Waals surface area contributed by atoms with Crippen LogP contribution in [0.15, 0.2) is 35.0 Å². The summed E-state index contributed by atoms with van der Waals surface area (Å²) in [4.78, 5) is 0. The minimum Gasteiger partial charge on any atom is -0.411 e.